The van der Waals surface area contributed by atoms with Gasteiger partial charge in [0.15, 0.2) is 0 Å². The first kappa shape index (κ1) is 11.9. The Labute approximate surface area is 77.7 Å². The Morgan fingerprint density at radius 2 is 2.23 bits per heavy atom. The smallest absolute Gasteiger partial charge is 0.137 e. The quantitative estimate of drug-likeness (QED) is 0.263. The third-order valence-electron chi connectivity index (χ3n) is 1.54. The molecule has 0 saturated carbocycles. The fourth-order valence-corrected chi connectivity index (χ4v) is 0.714. The van der Waals surface area contributed by atoms with Crippen LogP contribution < -0.4 is 0 Å². The van der Waals surface area contributed by atoms with Gasteiger partial charge in [0, 0.05) is 23.8 Å². The molecule has 0 rings (SSSR count). The molecular weight excluding hydrogens is 170 g/mol. The van der Waals surface area contributed by atoms with Crippen molar-refractivity contribution in [2.24, 2.45) is 11.0 Å². The molecule has 0 aromatic carbocycles. The van der Waals surface area contributed by atoms with E-state index < -0.39 is 0 Å². The highest BCUT2D eigenvalue weighted by molar-refractivity contribution is 5.80. The van der Waals surface area contributed by atoms with Crippen molar-refractivity contribution in [1.29, 1.82) is 0 Å². The summed E-state index contributed by atoms with van der Waals surface area (Å²) in [5.41, 5.74) is 7.93. The van der Waals surface area contributed by atoms with Crippen LogP contribution in [-0.4, -0.2) is 25.5 Å². The van der Waals surface area contributed by atoms with Crippen LogP contribution in [0.3, 0.4) is 0 Å². The van der Waals surface area contributed by atoms with E-state index in [1.54, 1.807) is 0 Å². The fraction of sp³-hybridized carbons (Fsp3) is 0.875. The molecule has 0 unspecified atom stereocenters. The standard InChI is InChI=1S/C8H15N3O2/c1-7(2)8(12)3-5-13-6-4-10-11-9/h7H,3-6H2,1-2H3. The van der Waals surface area contributed by atoms with Crippen LogP contribution in [-0.2, 0) is 9.53 Å². The maximum atomic E-state index is 11.1. The number of ether oxygens (including phenoxy) is 1. The minimum atomic E-state index is 0.0701. The van der Waals surface area contributed by atoms with Gasteiger partial charge in [-0.1, -0.05) is 19.0 Å². The van der Waals surface area contributed by atoms with Crippen LogP contribution in [0.4, 0.5) is 0 Å². The Hall–Kier alpha value is -1.06. The van der Waals surface area contributed by atoms with Crippen LogP contribution in [0.2, 0.25) is 0 Å². The highest BCUT2D eigenvalue weighted by Gasteiger charge is 2.05. The van der Waals surface area contributed by atoms with Gasteiger partial charge < -0.3 is 4.74 Å². The van der Waals surface area contributed by atoms with Gasteiger partial charge in [-0.25, -0.2) is 0 Å². The van der Waals surface area contributed by atoms with Crippen molar-refractivity contribution < 1.29 is 9.53 Å². The van der Waals surface area contributed by atoms with E-state index in [-0.39, 0.29) is 11.7 Å². The van der Waals surface area contributed by atoms with Crippen LogP contribution in [0.5, 0.6) is 0 Å². The van der Waals surface area contributed by atoms with E-state index >= 15 is 0 Å². The maximum absolute atomic E-state index is 11.1. The third kappa shape index (κ3) is 7.31. The second-order valence-corrected chi connectivity index (χ2v) is 2.94. The summed E-state index contributed by atoms with van der Waals surface area (Å²) >= 11 is 0. The van der Waals surface area contributed by atoms with Gasteiger partial charge in [-0.2, -0.15) is 0 Å². The predicted molar refractivity (Wildman–Crippen MR) is 49.3 cm³/mol. The molecule has 0 spiro atoms. The highest BCUT2D eigenvalue weighted by Crippen LogP contribution is 1.98. The fourth-order valence-electron chi connectivity index (χ4n) is 0.714. The molecule has 0 heterocycles. The van der Waals surface area contributed by atoms with Gasteiger partial charge >= 0.3 is 0 Å². The number of rotatable bonds is 7. The molecule has 0 N–H and O–H groups in total. The second kappa shape index (κ2) is 7.58. The summed E-state index contributed by atoms with van der Waals surface area (Å²) < 4.78 is 5.07. The van der Waals surface area contributed by atoms with Crippen molar-refractivity contribution >= 4 is 5.78 Å². The Kier molecular flexibility index (Phi) is 6.96. The number of nitrogens with zero attached hydrogens (tertiary/aromatic N) is 3. The van der Waals surface area contributed by atoms with E-state index in [0.29, 0.717) is 26.2 Å². The van der Waals surface area contributed by atoms with Gasteiger partial charge in [0.25, 0.3) is 0 Å². The van der Waals surface area contributed by atoms with Crippen molar-refractivity contribution in [3.05, 3.63) is 10.4 Å². The van der Waals surface area contributed by atoms with E-state index in [4.69, 9.17) is 10.3 Å². The Morgan fingerprint density at radius 1 is 1.54 bits per heavy atom. The van der Waals surface area contributed by atoms with Crippen molar-refractivity contribution in [1.82, 2.24) is 0 Å². The number of carbonyl (C=O) groups is 1. The number of Topliss-reactive ketones (excluding diaryl/α,β-unsaturated/α-hetero) is 1. The van der Waals surface area contributed by atoms with E-state index in [9.17, 15) is 4.79 Å². The second-order valence-electron chi connectivity index (χ2n) is 2.94. The third-order valence-corrected chi connectivity index (χ3v) is 1.54. The highest BCUT2D eigenvalue weighted by atomic mass is 16.5. The summed E-state index contributed by atoms with van der Waals surface area (Å²) in [5, 5.41) is 3.29. The Balaban J connectivity index is 3.25. The predicted octanol–water partition coefficient (Wildman–Crippen LogP) is 1.93. The average molecular weight is 185 g/mol. The largest absolute Gasteiger partial charge is 0.381 e. The summed E-state index contributed by atoms with van der Waals surface area (Å²) in [6.45, 7) is 4.85. The van der Waals surface area contributed by atoms with Gasteiger partial charge in [-0.05, 0) is 5.53 Å². The molecule has 0 bridgehead atoms. The molecule has 0 atom stereocenters. The lowest BCUT2D eigenvalue weighted by Crippen LogP contribution is -2.11. The molecule has 0 fully saturated rings. The zero-order chi connectivity index (χ0) is 10.1. The first-order valence-electron chi connectivity index (χ1n) is 4.29. The van der Waals surface area contributed by atoms with Gasteiger partial charge in [0.2, 0.25) is 0 Å². The molecule has 13 heavy (non-hydrogen) atoms. The molecule has 0 aliphatic carbocycles. The zero-order valence-electron chi connectivity index (χ0n) is 8.06. The van der Waals surface area contributed by atoms with E-state index in [1.807, 2.05) is 13.8 Å². The normalized spacial score (nSPS) is 9.77. The number of carbonyl (C=O) groups excluding carboxylic acids is 1. The lowest BCUT2D eigenvalue weighted by Gasteiger charge is -2.03. The summed E-state index contributed by atoms with van der Waals surface area (Å²) in [5.74, 6) is 0.268. The minimum Gasteiger partial charge on any atom is -0.381 e. The average Bonchev–Trinajstić information content (AvgIpc) is 2.10. The maximum Gasteiger partial charge on any atom is 0.137 e. The molecule has 0 saturated heterocycles. The summed E-state index contributed by atoms with van der Waals surface area (Å²) in [7, 11) is 0. The zero-order valence-corrected chi connectivity index (χ0v) is 8.06. The summed E-state index contributed by atoms with van der Waals surface area (Å²) in [4.78, 5) is 13.6. The Bertz CT molecular complexity index is 198. The van der Waals surface area contributed by atoms with Crippen molar-refractivity contribution in [3.8, 4) is 0 Å². The van der Waals surface area contributed by atoms with Crippen molar-refractivity contribution in [2.75, 3.05) is 19.8 Å². The van der Waals surface area contributed by atoms with Crippen LogP contribution in [0, 0.1) is 5.92 Å². The lowest BCUT2D eigenvalue weighted by atomic mass is 10.1. The van der Waals surface area contributed by atoms with E-state index in [1.165, 1.54) is 0 Å². The number of hydrogen-bond acceptors (Lipinski definition) is 3. The lowest BCUT2D eigenvalue weighted by molar-refractivity contribution is -0.122. The molecule has 0 aromatic rings. The van der Waals surface area contributed by atoms with Gasteiger partial charge in [0.1, 0.15) is 5.78 Å². The van der Waals surface area contributed by atoms with Crippen LogP contribution in [0.25, 0.3) is 10.4 Å². The molecule has 0 amide bonds. The molecule has 0 aliphatic heterocycles. The summed E-state index contributed by atoms with van der Waals surface area (Å²) in [6, 6.07) is 0. The molecule has 5 nitrogen and oxygen atoms in total. The topological polar surface area (TPSA) is 75.1 Å². The Morgan fingerprint density at radius 3 is 2.77 bits per heavy atom. The van der Waals surface area contributed by atoms with E-state index in [0.717, 1.165) is 0 Å². The monoisotopic (exact) mass is 185 g/mol. The molecule has 0 aromatic heterocycles. The van der Waals surface area contributed by atoms with Gasteiger partial charge in [0.05, 0.1) is 13.2 Å². The molecule has 5 heteroatoms. The first-order chi connectivity index (χ1) is 6.18. The van der Waals surface area contributed by atoms with Crippen molar-refractivity contribution in [2.45, 2.75) is 20.3 Å². The van der Waals surface area contributed by atoms with Crippen LogP contribution in [0.15, 0.2) is 5.11 Å². The molecular formula is C8H15N3O2. The number of hydrogen-bond donors (Lipinski definition) is 0. The van der Waals surface area contributed by atoms with Gasteiger partial charge in [-0.15, -0.1) is 0 Å². The molecule has 0 aliphatic rings. The van der Waals surface area contributed by atoms with E-state index in [2.05, 4.69) is 10.0 Å². The molecule has 0 radical (unpaired) electrons. The summed E-state index contributed by atoms with van der Waals surface area (Å²) in [6.07, 6.45) is 0.438. The SMILES string of the molecule is CC(C)C(=O)CCOCCN=[N+]=[N-]. The first-order valence-corrected chi connectivity index (χ1v) is 4.29. The minimum absolute atomic E-state index is 0.0701. The van der Waals surface area contributed by atoms with Crippen LogP contribution in [0.1, 0.15) is 20.3 Å². The van der Waals surface area contributed by atoms with Crippen LogP contribution >= 0.6 is 0 Å². The van der Waals surface area contributed by atoms with Crippen molar-refractivity contribution in [3.63, 3.8) is 0 Å². The van der Waals surface area contributed by atoms with Gasteiger partial charge in [-0.3, -0.25) is 4.79 Å². The molecule has 74 valence electrons. The number of azide groups is 1. The number of ketones is 1.